The van der Waals surface area contributed by atoms with E-state index in [0.29, 0.717) is 11.5 Å². The van der Waals surface area contributed by atoms with Crippen molar-refractivity contribution in [3.8, 4) is 11.5 Å². The van der Waals surface area contributed by atoms with Crippen LogP contribution in [0.25, 0.3) is 0 Å². The molecule has 1 amide bonds. The van der Waals surface area contributed by atoms with Gasteiger partial charge >= 0.3 is 0 Å². The third-order valence-electron chi connectivity index (χ3n) is 3.79. The first-order valence-corrected chi connectivity index (χ1v) is 7.78. The highest BCUT2D eigenvalue weighted by Crippen LogP contribution is 2.29. The largest absolute Gasteiger partial charge is 0.497 e. The Kier molecular flexibility index (Phi) is 5.68. The van der Waals surface area contributed by atoms with Crippen molar-refractivity contribution >= 4 is 17.3 Å². The van der Waals surface area contributed by atoms with Crippen LogP contribution in [-0.4, -0.2) is 26.7 Å². The molecule has 0 unspecified atom stereocenters. The van der Waals surface area contributed by atoms with Crippen LogP contribution >= 0.6 is 0 Å². The number of carbonyl (C=O) groups is 1. The lowest BCUT2D eigenvalue weighted by molar-refractivity contribution is -0.114. The summed E-state index contributed by atoms with van der Waals surface area (Å²) in [5.41, 5.74) is 4.91. The first-order valence-electron chi connectivity index (χ1n) is 7.78. The molecule has 0 saturated carbocycles. The summed E-state index contributed by atoms with van der Waals surface area (Å²) in [6.45, 7) is 6.18. The standard InChI is InChI=1S/C19H24N2O3/c1-12-8-13(2)19(14(3)9-12)21-18(22)11-20-16-7-6-15(23-4)10-17(16)24-5/h6-10,20H,11H2,1-5H3,(H,21,22). The molecule has 2 aromatic rings. The zero-order chi connectivity index (χ0) is 17.7. The summed E-state index contributed by atoms with van der Waals surface area (Å²) >= 11 is 0. The maximum atomic E-state index is 12.3. The number of benzene rings is 2. The van der Waals surface area contributed by atoms with Gasteiger partial charge in [0.25, 0.3) is 0 Å². The van der Waals surface area contributed by atoms with E-state index in [1.54, 1.807) is 20.3 Å². The lowest BCUT2D eigenvalue weighted by atomic mass is 10.1. The molecular formula is C19H24N2O3. The molecule has 2 rings (SSSR count). The van der Waals surface area contributed by atoms with Gasteiger partial charge in [-0.1, -0.05) is 17.7 Å². The summed E-state index contributed by atoms with van der Waals surface area (Å²) in [5, 5.41) is 6.06. The summed E-state index contributed by atoms with van der Waals surface area (Å²) in [6, 6.07) is 9.53. The molecule has 5 heteroatoms. The first kappa shape index (κ1) is 17.7. The van der Waals surface area contributed by atoms with E-state index in [9.17, 15) is 4.79 Å². The van der Waals surface area contributed by atoms with Crippen molar-refractivity contribution in [3.05, 3.63) is 47.0 Å². The quantitative estimate of drug-likeness (QED) is 0.849. The second-order valence-corrected chi connectivity index (χ2v) is 5.74. The summed E-state index contributed by atoms with van der Waals surface area (Å²) < 4.78 is 10.5. The summed E-state index contributed by atoms with van der Waals surface area (Å²) in [5.74, 6) is 1.22. The highest BCUT2D eigenvalue weighted by molar-refractivity contribution is 5.95. The minimum atomic E-state index is -0.108. The Morgan fingerprint density at radius 1 is 1.00 bits per heavy atom. The van der Waals surface area contributed by atoms with E-state index in [-0.39, 0.29) is 12.5 Å². The molecule has 0 heterocycles. The Morgan fingerprint density at radius 2 is 1.67 bits per heavy atom. The van der Waals surface area contributed by atoms with Gasteiger partial charge in [0.05, 0.1) is 26.5 Å². The molecule has 0 spiro atoms. The number of nitrogens with one attached hydrogen (secondary N) is 2. The molecule has 5 nitrogen and oxygen atoms in total. The molecule has 0 atom stereocenters. The lowest BCUT2D eigenvalue weighted by Crippen LogP contribution is -2.23. The van der Waals surface area contributed by atoms with Gasteiger partial charge in [-0.2, -0.15) is 0 Å². The van der Waals surface area contributed by atoms with Crippen molar-refractivity contribution in [1.82, 2.24) is 0 Å². The minimum absolute atomic E-state index is 0.108. The van der Waals surface area contributed by atoms with E-state index in [4.69, 9.17) is 9.47 Å². The predicted octanol–water partition coefficient (Wildman–Crippen LogP) is 3.68. The molecular weight excluding hydrogens is 304 g/mol. The zero-order valence-corrected chi connectivity index (χ0v) is 14.8. The number of rotatable bonds is 6. The molecule has 0 aliphatic rings. The molecule has 0 aromatic heterocycles. The molecule has 2 N–H and O–H groups in total. The monoisotopic (exact) mass is 328 g/mol. The zero-order valence-electron chi connectivity index (χ0n) is 14.8. The van der Waals surface area contributed by atoms with Crippen LogP contribution in [0, 0.1) is 20.8 Å². The average Bonchev–Trinajstić information content (AvgIpc) is 2.56. The summed E-state index contributed by atoms with van der Waals surface area (Å²) in [4.78, 5) is 12.3. The van der Waals surface area contributed by atoms with Crippen molar-refractivity contribution in [3.63, 3.8) is 0 Å². The molecule has 128 valence electrons. The van der Waals surface area contributed by atoms with Crippen LogP contribution < -0.4 is 20.1 Å². The van der Waals surface area contributed by atoms with Gasteiger partial charge in [-0.15, -0.1) is 0 Å². The van der Waals surface area contributed by atoms with Crippen molar-refractivity contribution in [2.45, 2.75) is 20.8 Å². The fourth-order valence-corrected chi connectivity index (χ4v) is 2.68. The number of methoxy groups -OCH3 is 2. The minimum Gasteiger partial charge on any atom is -0.497 e. The van der Waals surface area contributed by atoms with E-state index in [2.05, 4.69) is 22.8 Å². The predicted molar refractivity (Wildman–Crippen MR) is 97.3 cm³/mol. The smallest absolute Gasteiger partial charge is 0.243 e. The molecule has 24 heavy (non-hydrogen) atoms. The van der Waals surface area contributed by atoms with Gasteiger partial charge in [0.15, 0.2) is 0 Å². The van der Waals surface area contributed by atoms with E-state index >= 15 is 0 Å². The Morgan fingerprint density at radius 3 is 2.25 bits per heavy atom. The number of ether oxygens (including phenoxy) is 2. The highest BCUT2D eigenvalue weighted by Gasteiger charge is 2.10. The summed E-state index contributed by atoms with van der Waals surface area (Å²) in [7, 11) is 3.18. The molecule has 0 aliphatic carbocycles. The Labute approximate surface area is 143 Å². The van der Waals surface area contributed by atoms with Crippen LogP contribution in [-0.2, 0) is 4.79 Å². The van der Waals surface area contributed by atoms with Crippen LogP contribution in [0.5, 0.6) is 11.5 Å². The van der Waals surface area contributed by atoms with Crippen molar-refractivity contribution in [2.24, 2.45) is 0 Å². The van der Waals surface area contributed by atoms with Gasteiger partial charge in [-0.05, 0) is 44.0 Å². The van der Waals surface area contributed by atoms with Gasteiger partial charge in [-0.25, -0.2) is 0 Å². The van der Waals surface area contributed by atoms with Crippen LogP contribution in [0.2, 0.25) is 0 Å². The van der Waals surface area contributed by atoms with Gasteiger partial charge in [0, 0.05) is 11.8 Å². The third-order valence-corrected chi connectivity index (χ3v) is 3.79. The maximum absolute atomic E-state index is 12.3. The van der Waals surface area contributed by atoms with Crippen LogP contribution in [0.3, 0.4) is 0 Å². The second kappa shape index (κ2) is 7.73. The Balaban J connectivity index is 2.04. The fourth-order valence-electron chi connectivity index (χ4n) is 2.68. The number of hydrogen-bond donors (Lipinski definition) is 2. The second-order valence-electron chi connectivity index (χ2n) is 5.74. The normalized spacial score (nSPS) is 10.2. The topological polar surface area (TPSA) is 59.6 Å². The van der Waals surface area contributed by atoms with E-state index in [1.165, 1.54) is 5.56 Å². The van der Waals surface area contributed by atoms with Gasteiger partial charge in [-0.3, -0.25) is 4.79 Å². The molecule has 0 radical (unpaired) electrons. The fraction of sp³-hybridized carbons (Fsp3) is 0.316. The van der Waals surface area contributed by atoms with Crippen LogP contribution in [0.1, 0.15) is 16.7 Å². The van der Waals surface area contributed by atoms with Gasteiger partial charge in [0.1, 0.15) is 11.5 Å². The third kappa shape index (κ3) is 4.19. The molecule has 2 aromatic carbocycles. The van der Waals surface area contributed by atoms with E-state index in [0.717, 1.165) is 22.5 Å². The molecule has 0 saturated heterocycles. The van der Waals surface area contributed by atoms with Crippen LogP contribution in [0.4, 0.5) is 11.4 Å². The van der Waals surface area contributed by atoms with Crippen molar-refractivity contribution in [2.75, 3.05) is 31.4 Å². The van der Waals surface area contributed by atoms with Crippen LogP contribution in [0.15, 0.2) is 30.3 Å². The lowest BCUT2D eigenvalue weighted by Gasteiger charge is -2.15. The van der Waals surface area contributed by atoms with Gasteiger partial charge in [0.2, 0.25) is 5.91 Å². The molecule has 0 aliphatic heterocycles. The molecule has 0 fully saturated rings. The van der Waals surface area contributed by atoms with Gasteiger partial charge < -0.3 is 20.1 Å². The highest BCUT2D eigenvalue weighted by atomic mass is 16.5. The number of anilines is 2. The van der Waals surface area contributed by atoms with Crippen molar-refractivity contribution in [1.29, 1.82) is 0 Å². The van der Waals surface area contributed by atoms with E-state index < -0.39 is 0 Å². The SMILES string of the molecule is COc1ccc(NCC(=O)Nc2c(C)cc(C)cc2C)c(OC)c1. The first-order chi connectivity index (χ1) is 11.4. The van der Waals surface area contributed by atoms with Crippen molar-refractivity contribution < 1.29 is 14.3 Å². The Bertz CT molecular complexity index is 718. The number of hydrogen-bond acceptors (Lipinski definition) is 4. The Hall–Kier alpha value is -2.69. The number of aryl methyl sites for hydroxylation is 3. The van der Waals surface area contributed by atoms with E-state index in [1.807, 2.05) is 32.9 Å². The molecule has 0 bridgehead atoms. The summed E-state index contributed by atoms with van der Waals surface area (Å²) in [6.07, 6.45) is 0. The average molecular weight is 328 g/mol. The maximum Gasteiger partial charge on any atom is 0.243 e. The number of amides is 1. The number of carbonyl (C=O) groups excluding carboxylic acids is 1.